The van der Waals surface area contributed by atoms with E-state index in [1.807, 2.05) is 0 Å². The largest absolute Gasteiger partial charge is 0.497 e. The minimum absolute atomic E-state index is 0.154. The number of anilines is 1. The summed E-state index contributed by atoms with van der Waals surface area (Å²) in [5.41, 5.74) is 1.18. The second kappa shape index (κ2) is 10.8. The second-order valence-electron chi connectivity index (χ2n) is 7.01. The molecular weight excluding hydrogens is 418 g/mol. The molecule has 168 valence electrons. The molecule has 8 nitrogen and oxygen atoms in total. The van der Waals surface area contributed by atoms with E-state index in [0.717, 1.165) is 16.1 Å². The molecule has 0 aliphatic rings. The number of amides is 2. The SMILES string of the molecule is CCC(C(=O)NC)N(Cc1ccc(OC)cc1)C(=O)CN(c1ccccc1)S(C)(=O)=O. The van der Waals surface area contributed by atoms with E-state index in [2.05, 4.69) is 5.32 Å². The Hall–Kier alpha value is -3.07. The standard InChI is InChI=1S/C22H29N3O5S/c1-5-20(22(27)23-2)24(15-17-11-13-19(30-3)14-12-17)21(26)16-25(31(4,28)29)18-9-7-6-8-10-18/h6-14,20H,5,15-16H2,1-4H3,(H,23,27). The average molecular weight is 448 g/mol. The van der Waals surface area contributed by atoms with Crippen molar-refractivity contribution in [2.45, 2.75) is 25.9 Å². The number of likely N-dealkylation sites (N-methyl/N-ethyl adjacent to an activating group) is 1. The fraction of sp³-hybridized carbons (Fsp3) is 0.364. The van der Waals surface area contributed by atoms with Crippen LogP contribution in [-0.2, 0) is 26.2 Å². The molecule has 2 amide bonds. The van der Waals surface area contributed by atoms with Gasteiger partial charge in [-0.15, -0.1) is 0 Å². The van der Waals surface area contributed by atoms with E-state index in [1.54, 1.807) is 68.6 Å². The minimum atomic E-state index is -3.72. The molecule has 2 aromatic rings. The number of hydrogen-bond donors (Lipinski definition) is 1. The summed E-state index contributed by atoms with van der Waals surface area (Å²) in [6, 6.07) is 14.8. The summed E-state index contributed by atoms with van der Waals surface area (Å²) in [6.45, 7) is 1.55. The van der Waals surface area contributed by atoms with Crippen LogP contribution in [-0.4, -0.2) is 58.1 Å². The molecule has 0 saturated carbocycles. The first kappa shape index (κ1) is 24.2. The molecule has 9 heteroatoms. The number of carbonyl (C=O) groups excluding carboxylic acids is 2. The molecule has 2 aromatic carbocycles. The molecule has 0 saturated heterocycles. The van der Waals surface area contributed by atoms with Crippen molar-refractivity contribution in [1.82, 2.24) is 10.2 Å². The van der Waals surface area contributed by atoms with Gasteiger partial charge in [-0.3, -0.25) is 13.9 Å². The Bertz CT molecular complexity index is 978. The van der Waals surface area contributed by atoms with Crippen LogP contribution < -0.4 is 14.4 Å². The fourth-order valence-electron chi connectivity index (χ4n) is 3.22. The predicted molar refractivity (Wildman–Crippen MR) is 120 cm³/mol. The summed E-state index contributed by atoms with van der Waals surface area (Å²) in [5, 5.41) is 2.59. The maximum Gasteiger partial charge on any atom is 0.244 e. The van der Waals surface area contributed by atoms with E-state index in [1.165, 1.54) is 11.9 Å². The Morgan fingerprint density at radius 3 is 2.16 bits per heavy atom. The lowest BCUT2D eigenvalue weighted by molar-refractivity contribution is -0.140. The molecule has 2 rings (SSSR count). The van der Waals surface area contributed by atoms with Crippen molar-refractivity contribution in [2.75, 3.05) is 31.3 Å². The number of para-hydroxylation sites is 1. The molecule has 0 aromatic heterocycles. The van der Waals surface area contributed by atoms with Gasteiger partial charge in [-0.1, -0.05) is 37.3 Å². The molecule has 0 fully saturated rings. The zero-order chi connectivity index (χ0) is 23.0. The first-order valence-electron chi connectivity index (χ1n) is 9.88. The number of nitrogens with zero attached hydrogens (tertiary/aromatic N) is 2. The minimum Gasteiger partial charge on any atom is -0.497 e. The maximum atomic E-state index is 13.3. The van der Waals surface area contributed by atoms with Crippen molar-refractivity contribution in [3.05, 3.63) is 60.2 Å². The van der Waals surface area contributed by atoms with Crippen molar-refractivity contribution in [1.29, 1.82) is 0 Å². The third-order valence-corrected chi connectivity index (χ3v) is 6.01. The Morgan fingerprint density at radius 2 is 1.68 bits per heavy atom. The van der Waals surface area contributed by atoms with Crippen molar-refractivity contribution >= 4 is 27.5 Å². The number of hydrogen-bond acceptors (Lipinski definition) is 5. The highest BCUT2D eigenvalue weighted by Gasteiger charge is 2.31. The number of methoxy groups -OCH3 is 1. The third kappa shape index (κ3) is 6.45. The number of rotatable bonds is 10. The van der Waals surface area contributed by atoms with Crippen molar-refractivity contribution in [3.8, 4) is 5.75 Å². The predicted octanol–water partition coefficient (Wildman–Crippen LogP) is 2.01. The van der Waals surface area contributed by atoms with Gasteiger partial charge in [0.15, 0.2) is 0 Å². The molecule has 0 radical (unpaired) electrons. The van der Waals surface area contributed by atoms with Gasteiger partial charge in [-0.25, -0.2) is 8.42 Å². The summed E-state index contributed by atoms with van der Waals surface area (Å²) in [4.78, 5) is 27.2. The Kier molecular flexibility index (Phi) is 8.44. The van der Waals surface area contributed by atoms with E-state index in [9.17, 15) is 18.0 Å². The fourth-order valence-corrected chi connectivity index (χ4v) is 4.07. The maximum absolute atomic E-state index is 13.3. The molecule has 0 aliphatic carbocycles. The normalized spacial score (nSPS) is 12.0. The Balaban J connectivity index is 2.38. The first-order valence-corrected chi connectivity index (χ1v) is 11.7. The molecule has 0 aliphatic heterocycles. The molecule has 1 N–H and O–H groups in total. The van der Waals surface area contributed by atoms with E-state index >= 15 is 0 Å². The van der Waals surface area contributed by atoms with Crippen LogP contribution in [0.1, 0.15) is 18.9 Å². The first-order chi connectivity index (χ1) is 14.7. The third-order valence-electron chi connectivity index (χ3n) is 4.87. The molecule has 1 unspecified atom stereocenters. The number of benzene rings is 2. The van der Waals surface area contributed by atoms with Gasteiger partial charge in [0.1, 0.15) is 18.3 Å². The van der Waals surface area contributed by atoms with Crippen LogP contribution in [0.25, 0.3) is 0 Å². The van der Waals surface area contributed by atoms with Crippen molar-refractivity contribution in [3.63, 3.8) is 0 Å². The van der Waals surface area contributed by atoms with Crippen LogP contribution in [0.2, 0.25) is 0 Å². The van der Waals surface area contributed by atoms with Gasteiger partial charge < -0.3 is 15.0 Å². The topological polar surface area (TPSA) is 96.0 Å². The van der Waals surface area contributed by atoms with Gasteiger partial charge in [0.25, 0.3) is 0 Å². The molecule has 0 heterocycles. The quantitative estimate of drug-likeness (QED) is 0.601. The zero-order valence-corrected chi connectivity index (χ0v) is 19.1. The van der Waals surface area contributed by atoms with E-state index in [0.29, 0.717) is 17.9 Å². The summed E-state index contributed by atoms with van der Waals surface area (Å²) in [7, 11) is -0.648. The van der Waals surface area contributed by atoms with Crippen LogP contribution in [0.3, 0.4) is 0 Å². The van der Waals surface area contributed by atoms with Crippen molar-refractivity contribution < 1.29 is 22.7 Å². The van der Waals surface area contributed by atoms with Crippen LogP contribution in [0.5, 0.6) is 5.75 Å². The average Bonchev–Trinajstić information content (AvgIpc) is 2.77. The lowest BCUT2D eigenvalue weighted by atomic mass is 10.1. The lowest BCUT2D eigenvalue weighted by Crippen LogP contribution is -2.51. The highest BCUT2D eigenvalue weighted by Crippen LogP contribution is 2.20. The van der Waals surface area contributed by atoms with E-state index in [4.69, 9.17) is 4.74 Å². The van der Waals surface area contributed by atoms with Gasteiger partial charge in [0, 0.05) is 13.6 Å². The summed E-state index contributed by atoms with van der Waals surface area (Å²) >= 11 is 0. The van der Waals surface area contributed by atoms with Gasteiger partial charge >= 0.3 is 0 Å². The number of sulfonamides is 1. The second-order valence-corrected chi connectivity index (χ2v) is 8.92. The Morgan fingerprint density at radius 1 is 1.06 bits per heavy atom. The number of ether oxygens (including phenoxy) is 1. The lowest BCUT2D eigenvalue weighted by Gasteiger charge is -2.32. The molecule has 1 atom stereocenters. The summed E-state index contributed by atoms with van der Waals surface area (Å²) in [6.07, 6.45) is 1.43. The summed E-state index contributed by atoms with van der Waals surface area (Å²) < 4.78 is 31.0. The Labute approximate surface area is 183 Å². The van der Waals surface area contributed by atoms with Crippen LogP contribution >= 0.6 is 0 Å². The van der Waals surface area contributed by atoms with Gasteiger partial charge in [0.05, 0.1) is 19.1 Å². The van der Waals surface area contributed by atoms with Gasteiger partial charge in [0.2, 0.25) is 21.8 Å². The molecule has 31 heavy (non-hydrogen) atoms. The van der Waals surface area contributed by atoms with Crippen molar-refractivity contribution in [2.24, 2.45) is 0 Å². The van der Waals surface area contributed by atoms with E-state index < -0.39 is 28.5 Å². The van der Waals surface area contributed by atoms with Gasteiger partial charge in [-0.2, -0.15) is 0 Å². The molecule has 0 bridgehead atoms. The van der Waals surface area contributed by atoms with Crippen LogP contribution in [0, 0.1) is 0 Å². The molecular formula is C22H29N3O5S. The van der Waals surface area contributed by atoms with E-state index in [-0.39, 0.29) is 12.5 Å². The van der Waals surface area contributed by atoms with Crippen LogP contribution in [0.15, 0.2) is 54.6 Å². The zero-order valence-electron chi connectivity index (χ0n) is 18.2. The number of carbonyl (C=O) groups is 2. The van der Waals surface area contributed by atoms with Gasteiger partial charge in [-0.05, 0) is 36.2 Å². The summed E-state index contributed by atoms with van der Waals surface area (Å²) in [5.74, 6) is -0.108. The highest BCUT2D eigenvalue weighted by atomic mass is 32.2. The highest BCUT2D eigenvalue weighted by molar-refractivity contribution is 7.92. The monoisotopic (exact) mass is 447 g/mol. The van der Waals surface area contributed by atoms with Crippen LogP contribution in [0.4, 0.5) is 5.69 Å². The molecule has 0 spiro atoms. The smallest absolute Gasteiger partial charge is 0.244 e. The number of nitrogens with one attached hydrogen (secondary N) is 1.